The maximum atomic E-state index is 13.2. The molecule has 30 heavy (non-hydrogen) atoms. The molecule has 10 heteroatoms. The standard InChI is InChI=1S/C20H17F2N3O3S2/c21-14-7-6-13(10-15(14)22)11-23-20(28)24-17-16(19(26)27)18(25-30-17)29-9-8-12-4-2-1-3-5-12/h1-7,10H,8-9,11H2,(H,26,27)(H2,23,24,28). The van der Waals surface area contributed by atoms with E-state index in [1.807, 2.05) is 30.3 Å². The first-order valence-electron chi connectivity index (χ1n) is 8.82. The lowest BCUT2D eigenvalue weighted by molar-refractivity contribution is 0.0694. The summed E-state index contributed by atoms with van der Waals surface area (Å²) in [5.74, 6) is -2.55. The summed E-state index contributed by atoms with van der Waals surface area (Å²) in [5, 5.41) is 14.9. The second-order valence-corrected chi connectivity index (χ2v) is 7.99. The fraction of sp³-hybridized carbons (Fsp3) is 0.150. The Hall–Kier alpha value is -2.98. The lowest BCUT2D eigenvalue weighted by atomic mass is 10.2. The van der Waals surface area contributed by atoms with Crippen molar-refractivity contribution in [1.29, 1.82) is 0 Å². The van der Waals surface area contributed by atoms with E-state index in [1.165, 1.54) is 17.8 Å². The van der Waals surface area contributed by atoms with Gasteiger partial charge in [0.05, 0.1) is 0 Å². The van der Waals surface area contributed by atoms with Crippen molar-refractivity contribution >= 4 is 40.3 Å². The first-order valence-corrected chi connectivity index (χ1v) is 10.6. The van der Waals surface area contributed by atoms with Gasteiger partial charge >= 0.3 is 12.0 Å². The van der Waals surface area contributed by atoms with Crippen molar-refractivity contribution in [2.75, 3.05) is 11.1 Å². The maximum absolute atomic E-state index is 13.2. The number of anilines is 1. The number of halogens is 2. The SMILES string of the molecule is O=C(NCc1ccc(F)c(F)c1)Nc1snc(SCCc2ccccc2)c1C(=O)O. The second kappa shape index (κ2) is 10.2. The van der Waals surface area contributed by atoms with Crippen LogP contribution in [0.5, 0.6) is 0 Å². The molecule has 2 aromatic carbocycles. The summed E-state index contributed by atoms with van der Waals surface area (Å²) in [7, 11) is 0. The molecule has 0 saturated carbocycles. The zero-order chi connectivity index (χ0) is 21.5. The number of carboxylic acid groups (broad SMARTS) is 1. The van der Waals surface area contributed by atoms with Crippen LogP contribution in [0.4, 0.5) is 18.6 Å². The van der Waals surface area contributed by atoms with Crippen LogP contribution in [0.1, 0.15) is 21.5 Å². The molecule has 1 heterocycles. The fourth-order valence-corrected chi connectivity index (χ4v) is 4.47. The molecule has 0 atom stereocenters. The highest BCUT2D eigenvalue weighted by Gasteiger charge is 2.22. The molecular weight excluding hydrogens is 432 g/mol. The normalized spacial score (nSPS) is 10.6. The van der Waals surface area contributed by atoms with Crippen LogP contribution in [0.15, 0.2) is 53.6 Å². The molecule has 2 amide bonds. The molecule has 1 aromatic heterocycles. The lowest BCUT2D eigenvalue weighted by Crippen LogP contribution is -2.28. The van der Waals surface area contributed by atoms with Crippen LogP contribution in [0, 0.1) is 11.6 Å². The molecule has 0 aliphatic carbocycles. The Morgan fingerprint density at radius 2 is 1.83 bits per heavy atom. The number of carbonyl (C=O) groups is 2. The Morgan fingerprint density at radius 1 is 1.07 bits per heavy atom. The number of thioether (sulfide) groups is 1. The van der Waals surface area contributed by atoms with Crippen molar-refractivity contribution in [1.82, 2.24) is 9.69 Å². The van der Waals surface area contributed by atoms with Gasteiger partial charge in [-0.05, 0) is 41.2 Å². The van der Waals surface area contributed by atoms with Gasteiger partial charge in [0.1, 0.15) is 15.6 Å². The number of nitrogens with zero attached hydrogens (tertiary/aromatic N) is 1. The largest absolute Gasteiger partial charge is 0.477 e. The average Bonchev–Trinajstić information content (AvgIpc) is 3.12. The fourth-order valence-electron chi connectivity index (χ4n) is 2.54. The van der Waals surface area contributed by atoms with Gasteiger partial charge in [-0.25, -0.2) is 18.4 Å². The number of carboxylic acids is 1. The third-order valence-electron chi connectivity index (χ3n) is 4.01. The quantitative estimate of drug-likeness (QED) is 0.431. The molecule has 0 radical (unpaired) electrons. The van der Waals surface area contributed by atoms with Gasteiger partial charge in [-0.2, -0.15) is 4.37 Å². The number of benzene rings is 2. The highest BCUT2D eigenvalue weighted by molar-refractivity contribution is 7.99. The highest BCUT2D eigenvalue weighted by atomic mass is 32.2. The third kappa shape index (κ3) is 5.77. The van der Waals surface area contributed by atoms with E-state index < -0.39 is 23.6 Å². The van der Waals surface area contributed by atoms with E-state index in [1.54, 1.807) is 0 Å². The van der Waals surface area contributed by atoms with E-state index in [0.717, 1.165) is 35.6 Å². The predicted molar refractivity (Wildman–Crippen MR) is 112 cm³/mol. The molecule has 3 N–H and O–H groups in total. The van der Waals surface area contributed by atoms with E-state index in [0.29, 0.717) is 16.3 Å². The molecule has 0 saturated heterocycles. The smallest absolute Gasteiger partial charge is 0.341 e. The number of urea groups is 1. The first kappa shape index (κ1) is 21.7. The Bertz CT molecular complexity index is 1050. The van der Waals surface area contributed by atoms with Crippen molar-refractivity contribution in [3.63, 3.8) is 0 Å². The number of nitrogens with one attached hydrogen (secondary N) is 2. The minimum atomic E-state index is -1.19. The average molecular weight is 450 g/mol. The molecule has 156 valence electrons. The summed E-state index contributed by atoms with van der Waals surface area (Å²) in [6, 6.07) is 12.4. The van der Waals surface area contributed by atoms with Gasteiger partial charge in [-0.1, -0.05) is 36.4 Å². The minimum absolute atomic E-state index is 0.0527. The summed E-state index contributed by atoms with van der Waals surface area (Å²) >= 11 is 2.17. The van der Waals surface area contributed by atoms with E-state index in [9.17, 15) is 23.5 Å². The van der Waals surface area contributed by atoms with Crippen LogP contribution in [-0.2, 0) is 13.0 Å². The molecule has 0 unspecified atom stereocenters. The van der Waals surface area contributed by atoms with Crippen LogP contribution < -0.4 is 10.6 Å². The van der Waals surface area contributed by atoms with E-state index in [-0.39, 0.29) is 17.1 Å². The highest BCUT2D eigenvalue weighted by Crippen LogP contribution is 2.32. The second-order valence-electron chi connectivity index (χ2n) is 6.14. The molecule has 0 spiro atoms. The minimum Gasteiger partial charge on any atom is -0.477 e. The molecule has 6 nitrogen and oxygen atoms in total. The third-order valence-corrected chi connectivity index (χ3v) is 5.87. The molecule has 3 aromatic rings. The van der Waals surface area contributed by atoms with E-state index in [4.69, 9.17) is 0 Å². The van der Waals surface area contributed by atoms with Gasteiger partial charge in [0.2, 0.25) is 0 Å². The first-order chi connectivity index (χ1) is 14.4. The van der Waals surface area contributed by atoms with Gasteiger partial charge in [0, 0.05) is 12.3 Å². The summed E-state index contributed by atoms with van der Waals surface area (Å²) in [6.45, 7) is -0.0527. The lowest BCUT2D eigenvalue weighted by Gasteiger charge is -2.07. The van der Waals surface area contributed by atoms with Crippen molar-refractivity contribution in [3.8, 4) is 0 Å². The maximum Gasteiger partial charge on any atom is 0.341 e. The molecule has 0 aliphatic heterocycles. The van der Waals surface area contributed by atoms with Gasteiger partial charge in [0.25, 0.3) is 0 Å². The molecule has 0 bridgehead atoms. The van der Waals surface area contributed by atoms with Crippen molar-refractivity contribution < 1.29 is 23.5 Å². The number of hydrogen-bond donors (Lipinski definition) is 3. The predicted octanol–water partition coefficient (Wildman–Crippen LogP) is 4.78. The van der Waals surface area contributed by atoms with Gasteiger partial charge in [-0.3, -0.25) is 5.32 Å². The summed E-state index contributed by atoms with van der Waals surface area (Å²) in [5.41, 5.74) is 1.43. The molecule has 3 rings (SSSR count). The number of amides is 2. The van der Waals surface area contributed by atoms with Crippen LogP contribution in [0.25, 0.3) is 0 Å². The number of aryl methyl sites for hydroxylation is 1. The van der Waals surface area contributed by atoms with Crippen LogP contribution in [-0.4, -0.2) is 27.2 Å². The number of aromatic nitrogens is 1. The topological polar surface area (TPSA) is 91.3 Å². The summed E-state index contributed by atoms with van der Waals surface area (Å²) in [6.07, 6.45) is 0.750. The van der Waals surface area contributed by atoms with E-state index in [2.05, 4.69) is 15.0 Å². The van der Waals surface area contributed by atoms with Crippen LogP contribution in [0.2, 0.25) is 0 Å². The zero-order valence-corrected chi connectivity index (χ0v) is 17.2. The number of hydrogen-bond acceptors (Lipinski definition) is 5. The van der Waals surface area contributed by atoms with Gasteiger partial charge in [0.15, 0.2) is 11.6 Å². The van der Waals surface area contributed by atoms with Crippen LogP contribution in [0.3, 0.4) is 0 Å². The molecule has 0 fully saturated rings. The summed E-state index contributed by atoms with van der Waals surface area (Å²) in [4.78, 5) is 23.8. The zero-order valence-electron chi connectivity index (χ0n) is 15.5. The van der Waals surface area contributed by atoms with Gasteiger partial charge < -0.3 is 10.4 Å². The Morgan fingerprint density at radius 3 is 2.53 bits per heavy atom. The van der Waals surface area contributed by atoms with E-state index >= 15 is 0 Å². The molecule has 0 aliphatic rings. The summed E-state index contributed by atoms with van der Waals surface area (Å²) < 4.78 is 30.3. The van der Waals surface area contributed by atoms with Crippen molar-refractivity contribution in [2.24, 2.45) is 0 Å². The van der Waals surface area contributed by atoms with Gasteiger partial charge in [-0.15, -0.1) is 11.8 Å². The van der Waals surface area contributed by atoms with Crippen molar-refractivity contribution in [2.45, 2.75) is 18.0 Å². The molecular formula is C20H17F2N3O3S2. The van der Waals surface area contributed by atoms with Crippen molar-refractivity contribution in [3.05, 3.63) is 76.9 Å². The Labute approximate surface area is 179 Å². The Kier molecular flexibility index (Phi) is 7.36. The Balaban J connectivity index is 1.59. The number of rotatable bonds is 8. The van der Waals surface area contributed by atoms with Crippen LogP contribution >= 0.6 is 23.3 Å². The monoisotopic (exact) mass is 449 g/mol. The number of carbonyl (C=O) groups excluding carboxylic acids is 1. The number of aromatic carboxylic acids is 1.